The summed E-state index contributed by atoms with van der Waals surface area (Å²) in [6.07, 6.45) is 0.216. The Balaban J connectivity index is 2.49. The molecule has 3 heteroatoms. The third-order valence-electron chi connectivity index (χ3n) is 1.85. The van der Waals surface area contributed by atoms with E-state index in [9.17, 15) is 4.79 Å². The van der Waals surface area contributed by atoms with Crippen molar-refractivity contribution in [3.05, 3.63) is 0 Å². The largest absolute Gasteiger partial charge is 0.465 e. The maximum atomic E-state index is 10.3. The second kappa shape index (κ2) is 1.90. The van der Waals surface area contributed by atoms with Gasteiger partial charge in [-0.15, -0.1) is 0 Å². The summed E-state index contributed by atoms with van der Waals surface area (Å²) in [7, 11) is 0. The van der Waals surface area contributed by atoms with Crippen LogP contribution in [0.2, 0.25) is 0 Å². The molecular formula is C6H11NO2. The molecule has 1 fully saturated rings. The SMILES string of the molecule is C[C@@H]1C[C@H](C)N1C(=O)O. The summed E-state index contributed by atoms with van der Waals surface area (Å²) >= 11 is 0. The molecule has 52 valence electrons. The molecule has 0 radical (unpaired) electrons. The Morgan fingerprint density at radius 1 is 1.56 bits per heavy atom. The molecule has 0 aliphatic carbocycles. The quantitative estimate of drug-likeness (QED) is 0.533. The lowest BCUT2D eigenvalue weighted by molar-refractivity contribution is 0.0413. The fourth-order valence-electron chi connectivity index (χ4n) is 1.39. The molecule has 0 bridgehead atoms. The summed E-state index contributed by atoms with van der Waals surface area (Å²) in [4.78, 5) is 11.8. The van der Waals surface area contributed by atoms with Gasteiger partial charge in [0.1, 0.15) is 0 Å². The standard InChI is InChI=1S/C6H11NO2/c1-4-3-5(2)7(4)6(8)9/h4-5H,3H2,1-2H3,(H,8,9)/t4-,5+. The molecule has 3 nitrogen and oxygen atoms in total. The average molecular weight is 129 g/mol. The second-order valence-corrected chi connectivity index (χ2v) is 2.62. The van der Waals surface area contributed by atoms with Crippen LogP contribution in [-0.2, 0) is 0 Å². The molecule has 1 heterocycles. The fourth-order valence-corrected chi connectivity index (χ4v) is 1.39. The zero-order valence-corrected chi connectivity index (χ0v) is 5.66. The molecule has 9 heavy (non-hydrogen) atoms. The van der Waals surface area contributed by atoms with Gasteiger partial charge in [-0.1, -0.05) is 0 Å². The zero-order valence-electron chi connectivity index (χ0n) is 5.66. The third-order valence-corrected chi connectivity index (χ3v) is 1.85. The van der Waals surface area contributed by atoms with Crippen molar-refractivity contribution in [1.29, 1.82) is 0 Å². The van der Waals surface area contributed by atoms with E-state index in [2.05, 4.69) is 0 Å². The summed E-state index contributed by atoms with van der Waals surface area (Å²) in [6.45, 7) is 3.85. The molecule has 1 aliphatic heterocycles. The fraction of sp³-hybridized carbons (Fsp3) is 0.833. The highest BCUT2D eigenvalue weighted by atomic mass is 16.4. The Morgan fingerprint density at radius 2 is 2.00 bits per heavy atom. The van der Waals surface area contributed by atoms with E-state index in [0.29, 0.717) is 0 Å². The van der Waals surface area contributed by atoms with E-state index in [4.69, 9.17) is 5.11 Å². The first-order valence-electron chi connectivity index (χ1n) is 3.14. The highest BCUT2D eigenvalue weighted by Crippen LogP contribution is 2.24. The predicted octanol–water partition coefficient (Wildman–Crippen LogP) is 1.15. The van der Waals surface area contributed by atoms with Crippen LogP contribution in [0.25, 0.3) is 0 Å². The van der Waals surface area contributed by atoms with Gasteiger partial charge in [0, 0.05) is 12.1 Å². The van der Waals surface area contributed by atoms with E-state index in [1.54, 1.807) is 0 Å². The van der Waals surface area contributed by atoms with Crippen molar-refractivity contribution in [2.75, 3.05) is 0 Å². The maximum Gasteiger partial charge on any atom is 0.407 e. The minimum Gasteiger partial charge on any atom is -0.465 e. The van der Waals surface area contributed by atoms with Crippen LogP contribution in [0.3, 0.4) is 0 Å². The molecule has 0 aromatic rings. The first-order valence-corrected chi connectivity index (χ1v) is 3.14. The molecule has 0 unspecified atom stereocenters. The van der Waals surface area contributed by atoms with Gasteiger partial charge in [0.2, 0.25) is 0 Å². The first-order chi connectivity index (χ1) is 4.13. The monoisotopic (exact) mass is 129 g/mol. The summed E-state index contributed by atoms with van der Waals surface area (Å²) in [5.41, 5.74) is 0. The first kappa shape index (κ1) is 6.39. The lowest BCUT2D eigenvalue weighted by atomic mass is 9.97. The van der Waals surface area contributed by atoms with Gasteiger partial charge in [-0.05, 0) is 20.3 Å². The molecule has 1 amide bonds. The van der Waals surface area contributed by atoms with E-state index < -0.39 is 6.09 Å². The average Bonchev–Trinajstić information content (AvgIpc) is 1.62. The molecule has 0 spiro atoms. The molecule has 2 atom stereocenters. The molecule has 1 aliphatic rings. The number of carboxylic acid groups (broad SMARTS) is 1. The van der Waals surface area contributed by atoms with E-state index >= 15 is 0 Å². The smallest absolute Gasteiger partial charge is 0.407 e. The lowest BCUT2D eigenvalue weighted by Crippen LogP contribution is -2.55. The van der Waals surface area contributed by atoms with Crippen molar-refractivity contribution < 1.29 is 9.90 Å². The van der Waals surface area contributed by atoms with Crippen molar-refractivity contribution in [2.24, 2.45) is 0 Å². The van der Waals surface area contributed by atoms with Crippen LogP contribution in [0, 0.1) is 0 Å². The minimum absolute atomic E-state index is 0.234. The van der Waals surface area contributed by atoms with Crippen molar-refractivity contribution in [3.8, 4) is 0 Å². The Morgan fingerprint density at radius 3 is 2.11 bits per heavy atom. The lowest BCUT2D eigenvalue weighted by Gasteiger charge is -2.43. The topological polar surface area (TPSA) is 40.5 Å². The van der Waals surface area contributed by atoms with E-state index in [1.807, 2.05) is 13.8 Å². The highest BCUT2D eigenvalue weighted by Gasteiger charge is 2.35. The summed E-state index contributed by atoms with van der Waals surface area (Å²) < 4.78 is 0. The summed E-state index contributed by atoms with van der Waals surface area (Å²) in [5.74, 6) is 0. The van der Waals surface area contributed by atoms with Crippen LogP contribution >= 0.6 is 0 Å². The molecule has 1 rings (SSSR count). The van der Waals surface area contributed by atoms with E-state index in [-0.39, 0.29) is 12.1 Å². The van der Waals surface area contributed by atoms with Gasteiger partial charge in [-0.25, -0.2) is 4.79 Å². The minimum atomic E-state index is -0.791. The van der Waals surface area contributed by atoms with Crippen molar-refractivity contribution >= 4 is 6.09 Å². The highest BCUT2D eigenvalue weighted by molar-refractivity contribution is 5.67. The van der Waals surface area contributed by atoms with Crippen molar-refractivity contribution in [3.63, 3.8) is 0 Å². The number of likely N-dealkylation sites (tertiary alicyclic amines) is 1. The number of hydrogen-bond donors (Lipinski definition) is 1. The molecule has 0 aromatic heterocycles. The zero-order chi connectivity index (χ0) is 7.02. The Bertz CT molecular complexity index is 127. The molecule has 0 aromatic carbocycles. The van der Waals surface area contributed by atoms with Gasteiger partial charge in [0.15, 0.2) is 0 Å². The number of hydrogen-bond acceptors (Lipinski definition) is 1. The van der Waals surface area contributed by atoms with Gasteiger partial charge < -0.3 is 10.0 Å². The van der Waals surface area contributed by atoms with Gasteiger partial charge in [-0.3, -0.25) is 0 Å². The van der Waals surface area contributed by atoms with Gasteiger partial charge in [0.05, 0.1) is 0 Å². The van der Waals surface area contributed by atoms with Crippen molar-refractivity contribution in [1.82, 2.24) is 4.90 Å². The number of carbonyl (C=O) groups is 1. The molecule has 1 N–H and O–H groups in total. The van der Waals surface area contributed by atoms with Crippen LogP contribution in [0.4, 0.5) is 4.79 Å². The van der Waals surface area contributed by atoms with Crippen LogP contribution in [0.15, 0.2) is 0 Å². The van der Waals surface area contributed by atoms with E-state index in [1.165, 1.54) is 4.90 Å². The molecular weight excluding hydrogens is 118 g/mol. The van der Waals surface area contributed by atoms with E-state index in [0.717, 1.165) is 6.42 Å². The summed E-state index contributed by atoms with van der Waals surface area (Å²) in [5, 5.41) is 8.50. The maximum absolute atomic E-state index is 10.3. The predicted molar refractivity (Wildman–Crippen MR) is 33.4 cm³/mol. The Kier molecular flexibility index (Phi) is 1.35. The van der Waals surface area contributed by atoms with Gasteiger partial charge in [-0.2, -0.15) is 0 Å². The van der Waals surface area contributed by atoms with Crippen LogP contribution < -0.4 is 0 Å². The van der Waals surface area contributed by atoms with Crippen molar-refractivity contribution in [2.45, 2.75) is 32.4 Å². The van der Waals surface area contributed by atoms with Crippen LogP contribution in [-0.4, -0.2) is 28.2 Å². The van der Waals surface area contributed by atoms with Gasteiger partial charge >= 0.3 is 6.09 Å². The van der Waals surface area contributed by atoms with Crippen LogP contribution in [0.5, 0.6) is 0 Å². The number of rotatable bonds is 0. The van der Waals surface area contributed by atoms with Crippen LogP contribution in [0.1, 0.15) is 20.3 Å². The third kappa shape index (κ3) is 0.866. The number of nitrogens with zero attached hydrogens (tertiary/aromatic N) is 1. The Labute approximate surface area is 54.3 Å². The number of amides is 1. The normalized spacial score (nSPS) is 33.8. The molecule has 0 saturated carbocycles. The molecule has 1 saturated heterocycles. The Hall–Kier alpha value is -0.730. The second-order valence-electron chi connectivity index (χ2n) is 2.62. The van der Waals surface area contributed by atoms with Gasteiger partial charge in [0.25, 0.3) is 0 Å². The summed E-state index contributed by atoms with van der Waals surface area (Å²) in [6, 6.07) is 0.468.